The van der Waals surface area contributed by atoms with E-state index in [2.05, 4.69) is 15.6 Å². The average molecular weight is 483 g/mol. The highest BCUT2D eigenvalue weighted by atomic mass is 32.1. The zero-order chi connectivity index (χ0) is 24.7. The van der Waals surface area contributed by atoms with E-state index in [1.165, 1.54) is 12.1 Å². The standard InChI is InChI=1S/C25H27FN4O3S/c1-12-11-16(9-10-17(12)26)28-24(32)20-13(2)21(30(5)14(20)3)22(31)25(33)29-19-8-6-7-18-23(19)34-15(4)27-18/h9-11,19H,6-8H2,1-5H3,(H,28,32)(H,29,33). The number of benzene rings is 1. The van der Waals surface area contributed by atoms with E-state index < -0.39 is 17.6 Å². The van der Waals surface area contributed by atoms with Gasteiger partial charge in [0.1, 0.15) is 5.82 Å². The van der Waals surface area contributed by atoms with Crippen LogP contribution < -0.4 is 10.6 Å². The van der Waals surface area contributed by atoms with Crippen LogP contribution >= 0.6 is 11.3 Å². The van der Waals surface area contributed by atoms with Crippen LogP contribution in [0.3, 0.4) is 0 Å². The molecular weight excluding hydrogens is 455 g/mol. The number of aryl methyl sites for hydroxylation is 3. The average Bonchev–Trinajstić information content (AvgIpc) is 3.27. The van der Waals surface area contributed by atoms with Crippen LogP contribution in [0.1, 0.15) is 72.1 Å². The number of carbonyl (C=O) groups is 3. The number of hydrogen-bond acceptors (Lipinski definition) is 5. The minimum Gasteiger partial charge on any atom is -0.344 e. The summed E-state index contributed by atoms with van der Waals surface area (Å²) in [5, 5.41) is 6.59. The second-order valence-electron chi connectivity index (χ2n) is 8.70. The van der Waals surface area contributed by atoms with E-state index >= 15 is 0 Å². The van der Waals surface area contributed by atoms with Gasteiger partial charge in [0.2, 0.25) is 0 Å². The normalized spacial score (nSPS) is 15.1. The molecule has 1 atom stereocenters. The van der Waals surface area contributed by atoms with E-state index in [0.29, 0.717) is 28.1 Å². The number of thiazole rings is 1. The molecule has 2 aromatic heterocycles. The number of anilines is 1. The summed E-state index contributed by atoms with van der Waals surface area (Å²) in [7, 11) is 1.66. The number of hydrogen-bond donors (Lipinski definition) is 2. The number of fused-ring (bicyclic) bond motifs is 1. The molecule has 0 aliphatic heterocycles. The largest absolute Gasteiger partial charge is 0.344 e. The van der Waals surface area contributed by atoms with Gasteiger partial charge >= 0.3 is 0 Å². The Bertz CT molecular complexity index is 1320. The van der Waals surface area contributed by atoms with Crippen molar-refractivity contribution in [1.82, 2.24) is 14.9 Å². The van der Waals surface area contributed by atoms with E-state index in [9.17, 15) is 18.8 Å². The topological polar surface area (TPSA) is 93.1 Å². The third kappa shape index (κ3) is 4.27. The first-order valence-electron chi connectivity index (χ1n) is 11.1. The van der Waals surface area contributed by atoms with Crippen LogP contribution in [0, 0.1) is 33.5 Å². The lowest BCUT2D eigenvalue weighted by molar-refractivity contribution is -0.117. The van der Waals surface area contributed by atoms with Gasteiger partial charge in [-0.05, 0) is 76.3 Å². The molecule has 9 heteroatoms. The van der Waals surface area contributed by atoms with Gasteiger partial charge in [0.15, 0.2) is 0 Å². The predicted octanol–water partition coefficient (Wildman–Crippen LogP) is 4.48. The molecule has 0 fully saturated rings. The van der Waals surface area contributed by atoms with Gasteiger partial charge in [-0.25, -0.2) is 9.37 Å². The first kappa shape index (κ1) is 23.8. The quantitative estimate of drug-likeness (QED) is 0.414. The molecule has 4 rings (SSSR count). The van der Waals surface area contributed by atoms with Crippen LogP contribution in [-0.4, -0.2) is 27.1 Å². The van der Waals surface area contributed by atoms with Crippen molar-refractivity contribution in [3.05, 3.63) is 67.7 Å². The molecular formula is C25H27FN4O3S. The lowest BCUT2D eigenvalue weighted by Crippen LogP contribution is -2.36. The lowest BCUT2D eigenvalue weighted by Gasteiger charge is -2.22. The molecule has 178 valence electrons. The van der Waals surface area contributed by atoms with E-state index in [4.69, 9.17) is 0 Å². The van der Waals surface area contributed by atoms with Crippen molar-refractivity contribution in [2.24, 2.45) is 7.05 Å². The van der Waals surface area contributed by atoms with Crippen molar-refractivity contribution >= 4 is 34.6 Å². The Balaban J connectivity index is 1.57. The van der Waals surface area contributed by atoms with E-state index in [1.54, 1.807) is 49.8 Å². The summed E-state index contributed by atoms with van der Waals surface area (Å²) < 4.78 is 15.1. The molecule has 2 N–H and O–H groups in total. The van der Waals surface area contributed by atoms with Crippen LogP contribution in [-0.2, 0) is 18.3 Å². The van der Waals surface area contributed by atoms with Gasteiger partial charge in [0.05, 0.1) is 32.9 Å². The molecule has 1 aliphatic carbocycles. The van der Waals surface area contributed by atoms with Crippen molar-refractivity contribution < 1.29 is 18.8 Å². The lowest BCUT2D eigenvalue weighted by atomic mass is 9.97. The fourth-order valence-corrected chi connectivity index (χ4v) is 5.62. The molecule has 2 heterocycles. The van der Waals surface area contributed by atoms with Crippen LogP contribution in [0.25, 0.3) is 0 Å². The highest BCUT2D eigenvalue weighted by Gasteiger charge is 2.32. The van der Waals surface area contributed by atoms with Crippen LogP contribution in [0.4, 0.5) is 10.1 Å². The number of ketones is 1. The van der Waals surface area contributed by atoms with Crippen molar-refractivity contribution in [2.75, 3.05) is 5.32 Å². The molecule has 1 unspecified atom stereocenters. The van der Waals surface area contributed by atoms with Gasteiger partial charge in [0.25, 0.3) is 17.6 Å². The fraction of sp³-hybridized carbons (Fsp3) is 0.360. The second kappa shape index (κ2) is 9.13. The van der Waals surface area contributed by atoms with Crippen LogP contribution in [0.2, 0.25) is 0 Å². The minimum atomic E-state index is -0.700. The Hall–Kier alpha value is -3.33. The van der Waals surface area contributed by atoms with E-state index in [0.717, 1.165) is 34.8 Å². The minimum absolute atomic E-state index is 0.173. The molecule has 2 amide bonds. The van der Waals surface area contributed by atoms with Crippen molar-refractivity contribution in [3.63, 3.8) is 0 Å². The Morgan fingerprint density at radius 1 is 1.18 bits per heavy atom. The van der Waals surface area contributed by atoms with Crippen molar-refractivity contribution in [1.29, 1.82) is 0 Å². The molecule has 0 bridgehead atoms. The highest BCUT2D eigenvalue weighted by molar-refractivity contribution is 7.11. The van der Waals surface area contributed by atoms with Gasteiger partial charge < -0.3 is 15.2 Å². The molecule has 1 aliphatic rings. The molecule has 34 heavy (non-hydrogen) atoms. The van der Waals surface area contributed by atoms with Gasteiger partial charge in [-0.2, -0.15) is 0 Å². The smallest absolute Gasteiger partial charge is 0.294 e. The molecule has 0 saturated carbocycles. The van der Waals surface area contributed by atoms with Gasteiger partial charge in [-0.15, -0.1) is 11.3 Å². The number of nitrogens with zero attached hydrogens (tertiary/aromatic N) is 2. The summed E-state index contributed by atoms with van der Waals surface area (Å²) in [6, 6.07) is 4.07. The maximum Gasteiger partial charge on any atom is 0.294 e. The summed E-state index contributed by atoms with van der Waals surface area (Å²) >= 11 is 1.55. The zero-order valence-electron chi connectivity index (χ0n) is 19.8. The number of rotatable bonds is 5. The monoisotopic (exact) mass is 482 g/mol. The Morgan fingerprint density at radius 2 is 1.91 bits per heavy atom. The van der Waals surface area contributed by atoms with Crippen LogP contribution in [0.15, 0.2) is 18.2 Å². The second-order valence-corrected chi connectivity index (χ2v) is 9.94. The molecule has 0 saturated heterocycles. The SMILES string of the molecule is Cc1nc2c(s1)C(NC(=O)C(=O)c1c(C)c(C(=O)Nc3ccc(F)c(C)c3)c(C)n1C)CCC2. The molecule has 0 spiro atoms. The Morgan fingerprint density at radius 3 is 2.62 bits per heavy atom. The maximum atomic E-state index is 13.6. The van der Waals surface area contributed by atoms with Gasteiger partial charge in [-0.1, -0.05) is 0 Å². The summed E-state index contributed by atoms with van der Waals surface area (Å²) in [4.78, 5) is 44.7. The first-order chi connectivity index (χ1) is 16.1. The molecule has 1 aromatic carbocycles. The van der Waals surface area contributed by atoms with E-state index in [1.807, 2.05) is 6.92 Å². The third-order valence-corrected chi connectivity index (χ3v) is 7.48. The van der Waals surface area contributed by atoms with Crippen molar-refractivity contribution in [3.8, 4) is 0 Å². The number of aromatic nitrogens is 2. The third-order valence-electron chi connectivity index (χ3n) is 6.36. The van der Waals surface area contributed by atoms with Gasteiger partial charge in [-0.3, -0.25) is 14.4 Å². The van der Waals surface area contributed by atoms with Crippen molar-refractivity contribution in [2.45, 2.75) is 53.0 Å². The summed E-state index contributed by atoms with van der Waals surface area (Å²) in [5.74, 6) is -2.17. The molecule has 3 aromatic rings. The fourth-order valence-electron chi connectivity index (χ4n) is 4.56. The van der Waals surface area contributed by atoms with Crippen LogP contribution in [0.5, 0.6) is 0 Å². The summed E-state index contributed by atoms with van der Waals surface area (Å²) in [6.07, 6.45) is 2.52. The molecule has 7 nitrogen and oxygen atoms in total. The maximum absolute atomic E-state index is 13.6. The first-order valence-corrected chi connectivity index (χ1v) is 11.9. The summed E-state index contributed by atoms with van der Waals surface area (Å²) in [6.45, 7) is 6.93. The Kier molecular flexibility index (Phi) is 6.40. The van der Waals surface area contributed by atoms with E-state index in [-0.39, 0.29) is 17.6 Å². The number of Topliss-reactive ketones (excluding diaryl/α,β-unsaturated/α-hetero) is 1. The number of halogens is 1. The number of amides is 2. The zero-order valence-corrected chi connectivity index (χ0v) is 20.7. The summed E-state index contributed by atoms with van der Waals surface area (Å²) in [5.41, 5.74) is 3.33. The number of carbonyl (C=O) groups excluding carboxylic acids is 3. The number of nitrogens with one attached hydrogen (secondary N) is 2. The van der Waals surface area contributed by atoms with Gasteiger partial charge in [0, 0.05) is 18.4 Å². The molecule has 0 radical (unpaired) electrons. The highest BCUT2D eigenvalue weighted by Crippen LogP contribution is 2.34. The Labute approximate surface area is 201 Å². The predicted molar refractivity (Wildman–Crippen MR) is 129 cm³/mol.